The quantitative estimate of drug-likeness (QED) is 0.743. The number of carbonyl (C=O) groups excluding carboxylic acids is 1. The van der Waals surface area contributed by atoms with Crippen LogP contribution in [0.2, 0.25) is 0 Å². The van der Waals surface area contributed by atoms with Crippen LogP contribution in [-0.4, -0.2) is 20.3 Å². The number of anilines is 1. The van der Waals surface area contributed by atoms with E-state index in [9.17, 15) is 4.79 Å². The normalized spacial score (nSPS) is 13.5. The SMILES string of the molecule is Cn1nc2c(c1NC(=O)Cn1ccc3cc(Br)ccc31)CSC2. The molecule has 0 unspecified atom stereocenters. The summed E-state index contributed by atoms with van der Waals surface area (Å²) in [6.07, 6.45) is 1.94. The number of hydrogen-bond donors (Lipinski definition) is 1. The first kappa shape index (κ1) is 14.8. The van der Waals surface area contributed by atoms with Gasteiger partial charge in [0.05, 0.1) is 5.69 Å². The summed E-state index contributed by atoms with van der Waals surface area (Å²) in [4.78, 5) is 12.5. The number of hydrogen-bond acceptors (Lipinski definition) is 3. The molecule has 0 radical (unpaired) electrons. The summed E-state index contributed by atoms with van der Waals surface area (Å²) >= 11 is 5.30. The summed E-state index contributed by atoms with van der Waals surface area (Å²) in [6.45, 7) is 0.290. The van der Waals surface area contributed by atoms with Crippen molar-refractivity contribution in [2.75, 3.05) is 5.32 Å². The van der Waals surface area contributed by atoms with Gasteiger partial charge in [0.1, 0.15) is 12.4 Å². The summed E-state index contributed by atoms with van der Waals surface area (Å²) in [5, 5.41) is 8.61. The molecule has 0 spiro atoms. The van der Waals surface area contributed by atoms with Crippen LogP contribution in [0.3, 0.4) is 0 Å². The second-order valence-corrected chi connectivity index (χ2v) is 7.49. The van der Waals surface area contributed by atoms with Gasteiger partial charge < -0.3 is 9.88 Å². The second kappa shape index (κ2) is 5.72. The average molecular weight is 391 g/mol. The highest BCUT2D eigenvalue weighted by atomic mass is 79.9. The van der Waals surface area contributed by atoms with Crippen LogP contribution in [0, 0.1) is 0 Å². The van der Waals surface area contributed by atoms with E-state index in [0.29, 0.717) is 0 Å². The molecule has 2 aromatic heterocycles. The predicted molar refractivity (Wildman–Crippen MR) is 96.5 cm³/mol. The molecule has 4 rings (SSSR count). The lowest BCUT2D eigenvalue weighted by molar-refractivity contribution is -0.116. The van der Waals surface area contributed by atoms with Crippen molar-refractivity contribution in [3.05, 3.63) is 46.2 Å². The zero-order valence-electron chi connectivity index (χ0n) is 12.5. The highest BCUT2D eigenvalue weighted by Crippen LogP contribution is 2.34. The fourth-order valence-corrected chi connectivity index (χ4v) is 4.35. The van der Waals surface area contributed by atoms with Gasteiger partial charge in [-0.25, -0.2) is 0 Å². The van der Waals surface area contributed by atoms with Crippen molar-refractivity contribution in [3.63, 3.8) is 0 Å². The third-order valence-electron chi connectivity index (χ3n) is 4.02. The predicted octanol–water partition coefficient (Wildman–Crippen LogP) is 3.52. The Kier molecular flexibility index (Phi) is 3.69. The van der Waals surface area contributed by atoms with Crippen LogP contribution in [0.1, 0.15) is 11.3 Å². The molecule has 1 aliphatic rings. The van der Waals surface area contributed by atoms with Gasteiger partial charge in [0.2, 0.25) is 5.91 Å². The van der Waals surface area contributed by atoms with Crippen molar-refractivity contribution in [3.8, 4) is 0 Å². The first-order chi connectivity index (χ1) is 11.1. The molecule has 1 N–H and O–H groups in total. The van der Waals surface area contributed by atoms with Gasteiger partial charge in [-0.05, 0) is 24.3 Å². The number of nitrogens with zero attached hydrogens (tertiary/aromatic N) is 3. The molecule has 5 nitrogen and oxygen atoms in total. The standard InChI is InChI=1S/C16H15BrN4OS/c1-20-16(12-8-23-9-13(12)19-20)18-15(22)7-21-5-4-10-6-11(17)2-3-14(10)21/h2-6H,7-9H2,1H3,(H,18,22). The van der Waals surface area contributed by atoms with E-state index in [2.05, 4.69) is 32.4 Å². The molecular formula is C16H15BrN4OS. The summed E-state index contributed by atoms with van der Waals surface area (Å²) in [7, 11) is 1.88. The zero-order valence-corrected chi connectivity index (χ0v) is 14.9. The molecule has 0 bridgehead atoms. The molecule has 3 heterocycles. The van der Waals surface area contributed by atoms with Gasteiger partial charge in [0.15, 0.2) is 0 Å². The Labute approximate surface area is 146 Å². The highest BCUT2D eigenvalue weighted by Gasteiger charge is 2.22. The van der Waals surface area contributed by atoms with Gasteiger partial charge in [0, 0.05) is 45.7 Å². The van der Waals surface area contributed by atoms with E-state index >= 15 is 0 Å². The van der Waals surface area contributed by atoms with Crippen LogP contribution in [0.5, 0.6) is 0 Å². The number of fused-ring (bicyclic) bond motifs is 2. The van der Waals surface area contributed by atoms with Crippen molar-refractivity contribution < 1.29 is 4.79 Å². The van der Waals surface area contributed by atoms with Gasteiger partial charge in [-0.2, -0.15) is 16.9 Å². The van der Waals surface area contributed by atoms with Crippen molar-refractivity contribution >= 4 is 50.3 Å². The lowest BCUT2D eigenvalue weighted by Crippen LogP contribution is -2.20. The zero-order chi connectivity index (χ0) is 16.0. The number of nitrogens with one attached hydrogen (secondary N) is 1. The van der Waals surface area contributed by atoms with Crippen molar-refractivity contribution in [1.29, 1.82) is 0 Å². The number of amides is 1. The van der Waals surface area contributed by atoms with Gasteiger partial charge in [-0.1, -0.05) is 15.9 Å². The van der Waals surface area contributed by atoms with Crippen molar-refractivity contribution in [1.82, 2.24) is 14.3 Å². The number of thioether (sulfide) groups is 1. The molecule has 23 heavy (non-hydrogen) atoms. The van der Waals surface area contributed by atoms with Crippen LogP contribution in [0.15, 0.2) is 34.9 Å². The van der Waals surface area contributed by atoms with E-state index in [1.807, 2.05) is 47.8 Å². The molecule has 118 valence electrons. The second-order valence-electron chi connectivity index (χ2n) is 5.59. The molecule has 0 atom stereocenters. The van der Waals surface area contributed by atoms with E-state index in [-0.39, 0.29) is 12.5 Å². The Bertz CT molecular complexity index is 914. The van der Waals surface area contributed by atoms with Crippen LogP contribution < -0.4 is 5.32 Å². The van der Waals surface area contributed by atoms with Crippen molar-refractivity contribution in [2.45, 2.75) is 18.1 Å². The maximum atomic E-state index is 12.5. The maximum absolute atomic E-state index is 12.5. The third-order valence-corrected chi connectivity index (χ3v) is 5.48. The molecule has 0 saturated heterocycles. The lowest BCUT2D eigenvalue weighted by atomic mass is 10.2. The lowest BCUT2D eigenvalue weighted by Gasteiger charge is -2.09. The average Bonchev–Trinajstić information content (AvgIpc) is 3.17. The van der Waals surface area contributed by atoms with Gasteiger partial charge in [-0.3, -0.25) is 9.48 Å². The Morgan fingerprint density at radius 1 is 1.39 bits per heavy atom. The number of aryl methyl sites for hydroxylation is 1. The van der Waals surface area contributed by atoms with Crippen LogP contribution in [0.25, 0.3) is 10.9 Å². The topological polar surface area (TPSA) is 51.9 Å². The summed E-state index contributed by atoms with van der Waals surface area (Å²) in [6, 6.07) is 8.08. The first-order valence-corrected chi connectivity index (χ1v) is 9.23. The fourth-order valence-electron chi connectivity index (χ4n) is 2.93. The minimum Gasteiger partial charge on any atom is -0.338 e. The number of halogens is 1. The van der Waals surface area contributed by atoms with Crippen LogP contribution in [0.4, 0.5) is 5.82 Å². The molecule has 0 aliphatic carbocycles. The Balaban J connectivity index is 1.56. The maximum Gasteiger partial charge on any atom is 0.245 e. The number of benzene rings is 1. The van der Waals surface area contributed by atoms with Gasteiger partial charge in [-0.15, -0.1) is 0 Å². The first-order valence-electron chi connectivity index (χ1n) is 7.28. The van der Waals surface area contributed by atoms with Gasteiger partial charge in [0.25, 0.3) is 0 Å². The minimum atomic E-state index is -0.0341. The summed E-state index contributed by atoms with van der Waals surface area (Å²) in [5.74, 6) is 2.64. The molecule has 1 aromatic carbocycles. The molecule has 7 heteroatoms. The molecule has 0 fully saturated rings. The smallest absolute Gasteiger partial charge is 0.245 e. The molecule has 1 amide bonds. The van der Waals surface area contributed by atoms with E-state index < -0.39 is 0 Å². The van der Waals surface area contributed by atoms with Crippen LogP contribution >= 0.6 is 27.7 Å². The molecular weight excluding hydrogens is 376 g/mol. The molecule has 1 aliphatic heterocycles. The summed E-state index contributed by atoms with van der Waals surface area (Å²) < 4.78 is 4.77. The Morgan fingerprint density at radius 3 is 3.13 bits per heavy atom. The van der Waals surface area contributed by atoms with E-state index in [4.69, 9.17) is 0 Å². The number of aromatic nitrogens is 3. The fraction of sp³-hybridized carbons (Fsp3) is 0.250. The molecule has 3 aromatic rings. The van der Waals surface area contributed by atoms with E-state index in [1.54, 1.807) is 4.68 Å². The monoisotopic (exact) mass is 390 g/mol. The number of carbonyl (C=O) groups is 1. The van der Waals surface area contributed by atoms with Gasteiger partial charge >= 0.3 is 0 Å². The number of rotatable bonds is 3. The Morgan fingerprint density at radius 2 is 2.26 bits per heavy atom. The summed E-state index contributed by atoms with van der Waals surface area (Å²) in [5.41, 5.74) is 3.30. The third kappa shape index (κ3) is 2.68. The minimum absolute atomic E-state index is 0.0341. The molecule has 0 saturated carbocycles. The van der Waals surface area contributed by atoms with Crippen LogP contribution in [-0.2, 0) is 29.9 Å². The van der Waals surface area contributed by atoms with Crippen molar-refractivity contribution in [2.24, 2.45) is 7.05 Å². The van der Waals surface area contributed by atoms with E-state index in [1.165, 1.54) is 0 Å². The van der Waals surface area contributed by atoms with E-state index in [0.717, 1.165) is 44.0 Å². The highest BCUT2D eigenvalue weighted by molar-refractivity contribution is 9.10. The largest absolute Gasteiger partial charge is 0.338 e. The Hall–Kier alpha value is -1.73.